The molecule has 1 saturated carbocycles. The SMILES string of the molecule is COc1ccc(C(CC(=O)N2CCC(c3nnc(C)o3)CC2)C2CC2)cc1. The number of nitrogens with zero attached hydrogens (tertiary/aromatic N) is 3. The molecule has 1 unspecified atom stereocenters. The molecule has 2 heterocycles. The number of methoxy groups -OCH3 is 1. The molecule has 0 spiro atoms. The van der Waals surface area contributed by atoms with Crippen LogP contribution in [0.25, 0.3) is 0 Å². The van der Waals surface area contributed by atoms with Crippen LogP contribution in [0.4, 0.5) is 0 Å². The van der Waals surface area contributed by atoms with Crippen LogP contribution in [0.5, 0.6) is 5.75 Å². The fourth-order valence-corrected chi connectivity index (χ4v) is 4.08. The minimum Gasteiger partial charge on any atom is -0.497 e. The van der Waals surface area contributed by atoms with Gasteiger partial charge in [0.15, 0.2) is 0 Å². The van der Waals surface area contributed by atoms with Gasteiger partial charge in [-0.05, 0) is 55.2 Å². The lowest BCUT2D eigenvalue weighted by Crippen LogP contribution is -2.38. The normalized spacial score (nSPS) is 19.1. The maximum absolute atomic E-state index is 12.9. The Kier molecular flexibility index (Phi) is 5.14. The third kappa shape index (κ3) is 4.15. The van der Waals surface area contributed by atoms with Gasteiger partial charge in [-0.3, -0.25) is 4.79 Å². The summed E-state index contributed by atoms with van der Waals surface area (Å²) in [6.45, 7) is 3.35. The van der Waals surface area contributed by atoms with E-state index in [0.717, 1.165) is 31.7 Å². The highest BCUT2D eigenvalue weighted by Gasteiger charge is 2.35. The number of aromatic nitrogens is 2. The van der Waals surface area contributed by atoms with E-state index in [1.54, 1.807) is 7.11 Å². The molecule has 1 saturated heterocycles. The van der Waals surface area contributed by atoms with Crippen LogP contribution in [0.15, 0.2) is 28.7 Å². The Balaban J connectivity index is 1.36. The number of piperidine rings is 1. The summed E-state index contributed by atoms with van der Waals surface area (Å²) < 4.78 is 10.8. The number of ether oxygens (including phenoxy) is 1. The molecule has 0 N–H and O–H groups in total. The zero-order chi connectivity index (χ0) is 18.8. The first kappa shape index (κ1) is 18.0. The number of aryl methyl sites for hydroxylation is 1. The molecule has 1 aliphatic carbocycles. The van der Waals surface area contributed by atoms with Crippen molar-refractivity contribution in [1.82, 2.24) is 15.1 Å². The summed E-state index contributed by atoms with van der Waals surface area (Å²) in [7, 11) is 1.68. The molecular weight excluding hydrogens is 342 g/mol. The van der Waals surface area contributed by atoms with Gasteiger partial charge in [-0.2, -0.15) is 0 Å². The molecule has 1 aromatic carbocycles. The summed E-state index contributed by atoms with van der Waals surface area (Å²) in [5.41, 5.74) is 1.25. The van der Waals surface area contributed by atoms with Crippen molar-refractivity contribution in [2.45, 2.75) is 50.9 Å². The molecule has 1 aromatic heterocycles. The van der Waals surface area contributed by atoms with Crippen molar-refractivity contribution in [3.8, 4) is 5.75 Å². The average molecular weight is 369 g/mol. The molecule has 2 aliphatic rings. The lowest BCUT2D eigenvalue weighted by molar-refractivity contribution is -0.132. The van der Waals surface area contributed by atoms with Gasteiger partial charge in [-0.1, -0.05) is 12.1 Å². The first-order valence-electron chi connectivity index (χ1n) is 9.85. The van der Waals surface area contributed by atoms with Gasteiger partial charge in [0.1, 0.15) is 5.75 Å². The van der Waals surface area contributed by atoms with Gasteiger partial charge in [-0.25, -0.2) is 0 Å². The van der Waals surface area contributed by atoms with Gasteiger partial charge < -0.3 is 14.1 Å². The largest absolute Gasteiger partial charge is 0.497 e. The number of carbonyl (C=O) groups is 1. The predicted octanol–water partition coefficient (Wildman–Crippen LogP) is 3.68. The van der Waals surface area contributed by atoms with E-state index in [0.29, 0.717) is 30.0 Å². The summed E-state index contributed by atoms with van der Waals surface area (Å²) in [6.07, 6.45) is 4.83. The maximum Gasteiger partial charge on any atom is 0.223 e. The molecule has 6 nitrogen and oxygen atoms in total. The Bertz CT molecular complexity index is 774. The van der Waals surface area contributed by atoms with Gasteiger partial charge in [0.05, 0.1) is 7.11 Å². The molecule has 2 fully saturated rings. The van der Waals surface area contributed by atoms with Crippen LogP contribution in [-0.2, 0) is 4.79 Å². The number of hydrogen-bond acceptors (Lipinski definition) is 5. The van der Waals surface area contributed by atoms with Crippen molar-refractivity contribution >= 4 is 5.91 Å². The minimum absolute atomic E-state index is 0.267. The molecular formula is C21H27N3O3. The second-order valence-corrected chi connectivity index (χ2v) is 7.74. The fourth-order valence-electron chi connectivity index (χ4n) is 4.08. The summed E-state index contributed by atoms with van der Waals surface area (Å²) in [4.78, 5) is 14.9. The third-order valence-electron chi connectivity index (χ3n) is 5.87. The quantitative estimate of drug-likeness (QED) is 0.777. The maximum atomic E-state index is 12.9. The smallest absolute Gasteiger partial charge is 0.223 e. The Morgan fingerprint density at radius 3 is 2.44 bits per heavy atom. The van der Waals surface area contributed by atoms with Crippen LogP contribution in [0.1, 0.15) is 61.3 Å². The fraction of sp³-hybridized carbons (Fsp3) is 0.571. The van der Waals surface area contributed by atoms with Crippen molar-refractivity contribution in [2.75, 3.05) is 20.2 Å². The van der Waals surface area contributed by atoms with Gasteiger partial charge in [0.2, 0.25) is 17.7 Å². The standard InChI is InChI=1S/C21H27N3O3/c1-14-22-23-21(27-14)17-9-11-24(12-10-17)20(25)13-19(15-3-4-15)16-5-7-18(26-2)8-6-16/h5-8,15,17,19H,3-4,9-13H2,1-2H3. The van der Waals surface area contributed by atoms with Crippen LogP contribution < -0.4 is 4.74 Å². The second kappa shape index (κ2) is 7.71. The van der Waals surface area contributed by atoms with Crippen LogP contribution in [0, 0.1) is 12.8 Å². The molecule has 0 radical (unpaired) electrons. The topological polar surface area (TPSA) is 68.5 Å². The van der Waals surface area contributed by atoms with E-state index in [9.17, 15) is 4.79 Å². The lowest BCUT2D eigenvalue weighted by atomic mass is 9.89. The lowest BCUT2D eigenvalue weighted by Gasteiger charge is -2.31. The number of hydrogen-bond donors (Lipinski definition) is 0. The van der Waals surface area contributed by atoms with E-state index < -0.39 is 0 Å². The van der Waals surface area contributed by atoms with E-state index >= 15 is 0 Å². The first-order valence-corrected chi connectivity index (χ1v) is 9.85. The highest BCUT2D eigenvalue weighted by molar-refractivity contribution is 5.77. The van der Waals surface area contributed by atoms with Crippen LogP contribution in [0.3, 0.4) is 0 Å². The van der Waals surface area contributed by atoms with Crippen molar-refractivity contribution < 1.29 is 13.9 Å². The highest BCUT2D eigenvalue weighted by Crippen LogP contribution is 2.45. The molecule has 144 valence electrons. The number of benzene rings is 1. The van der Waals surface area contributed by atoms with Crippen LogP contribution >= 0.6 is 0 Å². The van der Waals surface area contributed by atoms with Crippen LogP contribution in [-0.4, -0.2) is 41.2 Å². The van der Waals surface area contributed by atoms with Crippen molar-refractivity contribution in [3.63, 3.8) is 0 Å². The predicted molar refractivity (Wildman–Crippen MR) is 101 cm³/mol. The van der Waals surface area contributed by atoms with Crippen LogP contribution in [0.2, 0.25) is 0 Å². The number of rotatable bonds is 6. The van der Waals surface area contributed by atoms with E-state index in [-0.39, 0.29) is 11.8 Å². The highest BCUT2D eigenvalue weighted by atomic mass is 16.5. The molecule has 1 amide bonds. The number of carbonyl (C=O) groups excluding carboxylic acids is 1. The van der Waals surface area contributed by atoms with Gasteiger partial charge in [-0.15, -0.1) is 10.2 Å². The number of amides is 1. The molecule has 2 aromatic rings. The average Bonchev–Trinajstić information content (AvgIpc) is 3.46. The second-order valence-electron chi connectivity index (χ2n) is 7.74. The first-order chi connectivity index (χ1) is 13.1. The van der Waals surface area contributed by atoms with Gasteiger partial charge >= 0.3 is 0 Å². The third-order valence-corrected chi connectivity index (χ3v) is 5.87. The molecule has 1 aliphatic heterocycles. The Morgan fingerprint density at radius 1 is 1.19 bits per heavy atom. The van der Waals surface area contributed by atoms with E-state index in [4.69, 9.17) is 9.15 Å². The van der Waals surface area contributed by atoms with E-state index in [1.165, 1.54) is 18.4 Å². The minimum atomic E-state index is 0.267. The monoisotopic (exact) mass is 369 g/mol. The van der Waals surface area contributed by atoms with Crippen molar-refractivity contribution in [1.29, 1.82) is 0 Å². The van der Waals surface area contributed by atoms with Gasteiger partial charge in [0.25, 0.3) is 0 Å². The molecule has 4 rings (SSSR count). The van der Waals surface area contributed by atoms with Gasteiger partial charge in [0, 0.05) is 32.4 Å². The molecule has 1 atom stereocenters. The van der Waals surface area contributed by atoms with E-state index in [2.05, 4.69) is 22.3 Å². The van der Waals surface area contributed by atoms with E-state index in [1.807, 2.05) is 24.0 Å². The molecule has 6 heteroatoms. The zero-order valence-electron chi connectivity index (χ0n) is 16.1. The Labute approximate surface area is 159 Å². The summed E-state index contributed by atoms with van der Waals surface area (Å²) in [6, 6.07) is 8.21. The molecule has 0 bridgehead atoms. The number of likely N-dealkylation sites (tertiary alicyclic amines) is 1. The molecule has 27 heavy (non-hydrogen) atoms. The van der Waals surface area contributed by atoms with Crippen molar-refractivity contribution in [2.24, 2.45) is 5.92 Å². The summed E-state index contributed by atoms with van der Waals surface area (Å²) >= 11 is 0. The zero-order valence-corrected chi connectivity index (χ0v) is 16.1. The summed E-state index contributed by atoms with van der Waals surface area (Å²) in [5.74, 6) is 3.68. The Morgan fingerprint density at radius 2 is 1.89 bits per heavy atom. The Hall–Kier alpha value is -2.37. The summed E-state index contributed by atoms with van der Waals surface area (Å²) in [5, 5.41) is 8.06. The van der Waals surface area contributed by atoms with Crippen molar-refractivity contribution in [3.05, 3.63) is 41.6 Å².